The Morgan fingerprint density at radius 1 is 0.414 bits per heavy atom. The van der Waals surface area contributed by atoms with E-state index in [1.54, 1.807) is 0 Å². The first-order chi connectivity index (χ1) is 34.8. The molecule has 0 fully saturated rings. The molecule has 9 aromatic carbocycles. The van der Waals surface area contributed by atoms with Crippen LogP contribution in [0.1, 0.15) is 24.8 Å². The predicted octanol–water partition coefficient (Wildman–Crippen LogP) is 15.1. The second-order valence-corrected chi connectivity index (χ2v) is 23.2. The number of nitrogens with zero attached hydrogens (tertiary/aromatic N) is 3. The summed E-state index contributed by atoms with van der Waals surface area (Å²) >= 11 is 0. The summed E-state index contributed by atoms with van der Waals surface area (Å²) in [6.45, 7) is 0. The Hall–Kier alpha value is -8.44. The van der Waals surface area contributed by atoms with Gasteiger partial charge in [-0.2, -0.15) is 0 Å². The van der Waals surface area contributed by atoms with E-state index in [1.165, 1.54) is 109 Å². The van der Waals surface area contributed by atoms with Gasteiger partial charge < -0.3 is 13.7 Å². The molecule has 1 atom stereocenters. The molecule has 0 spiro atoms. The lowest BCUT2D eigenvalue weighted by Crippen LogP contribution is -2.69. The van der Waals surface area contributed by atoms with Crippen molar-refractivity contribution >= 4 is 100 Å². The zero-order chi connectivity index (χ0) is 46.2. The molecule has 0 radical (unpaired) electrons. The number of fused-ring (bicyclic) bond motifs is 10. The lowest BCUT2D eigenvalue weighted by atomic mass is 9.95. The number of para-hydroxylation sites is 4. The number of benzene rings is 9. The lowest BCUT2D eigenvalue weighted by Gasteiger charge is -2.41. The fourth-order valence-electron chi connectivity index (χ4n) is 12.5. The second-order valence-electron chi connectivity index (χ2n) is 19.1. The van der Waals surface area contributed by atoms with Gasteiger partial charge in [0, 0.05) is 49.4 Å². The summed E-state index contributed by atoms with van der Waals surface area (Å²) in [6.07, 6.45) is 17.3. The minimum atomic E-state index is -2.80. The van der Waals surface area contributed by atoms with Crippen LogP contribution in [0, 0.1) is 0 Å². The van der Waals surface area contributed by atoms with Gasteiger partial charge in [0.2, 0.25) is 0 Å². The second kappa shape index (κ2) is 16.4. The molecular formula is C66H49N3Si. The highest BCUT2D eigenvalue weighted by atomic mass is 28.3. The van der Waals surface area contributed by atoms with E-state index in [0.717, 1.165) is 19.3 Å². The third-order valence-corrected chi connectivity index (χ3v) is 20.7. The monoisotopic (exact) mass is 911 g/mol. The molecule has 2 aliphatic rings. The standard InChI is InChI=1S/C66H49N3Si/c1-5-21-48(22-6-1)67-60-33-16-14-31-56(60)59-45-47(36-42-63(59)67)46-20-19-29-54(44-46)70(51-25-9-3-10-26-51,52-27-11-4-12-28-52)53-39-37-50(38-40-53)69-61-34-17-13-30-55(61)57-41-43-64-65(66(57)69)58-32-15-18-35-62(58)68(64)49-23-7-2-8-24-49/h1,3-7,9-43,45,54H,2,8,44H2. The predicted molar refractivity (Wildman–Crippen MR) is 300 cm³/mol. The Balaban J connectivity index is 0.940. The quantitative estimate of drug-likeness (QED) is 0.107. The fraction of sp³-hybridized carbons (Fsp3) is 0.0606. The van der Waals surface area contributed by atoms with Crippen molar-refractivity contribution in [1.82, 2.24) is 13.7 Å². The van der Waals surface area contributed by atoms with E-state index in [4.69, 9.17) is 0 Å². The van der Waals surface area contributed by atoms with E-state index < -0.39 is 8.07 Å². The SMILES string of the molecule is C1=CC([Si](c2ccccc2)(c2ccccc2)c2ccc(-n3c4ccccc4c4ccc5c(c6ccccc6n5C5=CCCC=C5)c43)cc2)CC(c2ccc3c(c2)c2ccccc2n3-c2ccccc2)=C1. The van der Waals surface area contributed by atoms with E-state index in [-0.39, 0.29) is 5.54 Å². The maximum absolute atomic E-state index is 2.80. The summed E-state index contributed by atoms with van der Waals surface area (Å²) in [5.41, 5.74) is 13.9. The third-order valence-electron chi connectivity index (χ3n) is 15.4. The zero-order valence-electron chi connectivity index (χ0n) is 38.8. The number of hydrogen-bond donors (Lipinski definition) is 0. The summed E-state index contributed by atoms with van der Waals surface area (Å²) < 4.78 is 7.43. The highest BCUT2D eigenvalue weighted by Gasteiger charge is 2.46. The Kier molecular flexibility index (Phi) is 9.50. The van der Waals surface area contributed by atoms with Gasteiger partial charge in [-0.05, 0) is 118 Å². The zero-order valence-corrected chi connectivity index (χ0v) is 39.8. The van der Waals surface area contributed by atoms with E-state index in [1.807, 2.05) is 0 Å². The van der Waals surface area contributed by atoms with E-state index in [2.05, 4.69) is 269 Å². The van der Waals surface area contributed by atoms with Crippen LogP contribution in [0.25, 0.3) is 88.1 Å². The average molecular weight is 912 g/mol. The van der Waals surface area contributed by atoms with Crippen molar-refractivity contribution in [1.29, 1.82) is 0 Å². The maximum atomic E-state index is 2.54. The van der Waals surface area contributed by atoms with Gasteiger partial charge in [0.15, 0.2) is 8.07 Å². The van der Waals surface area contributed by atoms with Crippen LogP contribution in [0.3, 0.4) is 0 Å². The topological polar surface area (TPSA) is 14.8 Å². The highest BCUT2D eigenvalue weighted by molar-refractivity contribution is 7.12. The average Bonchev–Trinajstić information content (AvgIpc) is 4.08. The van der Waals surface area contributed by atoms with E-state index in [0.29, 0.717) is 0 Å². The van der Waals surface area contributed by atoms with Crippen molar-refractivity contribution in [3.8, 4) is 11.4 Å². The maximum Gasteiger partial charge on any atom is 0.155 e. The first kappa shape index (κ1) is 40.6. The number of allylic oxidation sites excluding steroid dienone is 8. The molecule has 3 aromatic heterocycles. The Bertz CT molecular complexity index is 4090. The summed E-state index contributed by atoms with van der Waals surface area (Å²) in [4.78, 5) is 0. The number of rotatable bonds is 8. The minimum absolute atomic E-state index is 0.242. The van der Waals surface area contributed by atoms with Crippen LogP contribution in [0.2, 0.25) is 5.54 Å². The normalized spacial score (nSPS) is 15.2. The molecule has 0 saturated carbocycles. The Morgan fingerprint density at radius 2 is 0.971 bits per heavy atom. The number of aromatic nitrogens is 3. The largest absolute Gasteiger partial charge is 0.310 e. The van der Waals surface area contributed by atoms with Crippen LogP contribution in [0.15, 0.2) is 255 Å². The van der Waals surface area contributed by atoms with Crippen molar-refractivity contribution in [2.24, 2.45) is 0 Å². The molecule has 3 nitrogen and oxygen atoms in total. The molecule has 0 N–H and O–H groups in total. The molecule has 3 heterocycles. The molecule has 14 rings (SSSR count). The summed E-state index contributed by atoms with van der Waals surface area (Å²) in [5.74, 6) is 0. The van der Waals surface area contributed by atoms with Crippen molar-refractivity contribution < 1.29 is 0 Å². The van der Waals surface area contributed by atoms with Crippen LogP contribution in [-0.4, -0.2) is 21.8 Å². The van der Waals surface area contributed by atoms with Gasteiger partial charge in [0.1, 0.15) is 0 Å². The molecule has 0 aliphatic heterocycles. The molecule has 0 bridgehead atoms. The molecule has 0 saturated heterocycles. The molecular weight excluding hydrogens is 863 g/mol. The van der Waals surface area contributed by atoms with Gasteiger partial charge >= 0.3 is 0 Å². The lowest BCUT2D eigenvalue weighted by molar-refractivity contribution is 1.01. The van der Waals surface area contributed by atoms with Crippen LogP contribution >= 0.6 is 0 Å². The van der Waals surface area contributed by atoms with Gasteiger partial charge in [0.05, 0.1) is 33.1 Å². The summed E-state index contributed by atoms with van der Waals surface area (Å²) in [7, 11) is -2.80. The van der Waals surface area contributed by atoms with E-state index >= 15 is 0 Å². The molecule has 70 heavy (non-hydrogen) atoms. The van der Waals surface area contributed by atoms with Gasteiger partial charge in [-0.15, -0.1) is 0 Å². The highest BCUT2D eigenvalue weighted by Crippen LogP contribution is 2.44. The van der Waals surface area contributed by atoms with Crippen molar-refractivity contribution in [2.75, 3.05) is 0 Å². The first-order valence-electron chi connectivity index (χ1n) is 24.8. The molecule has 1 unspecified atom stereocenters. The van der Waals surface area contributed by atoms with Gasteiger partial charge in [0.25, 0.3) is 0 Å². The summed E-state index contributed by atoms with van der Waals surface area (Å²) in [6, 6.07) is 82.1. The van der Waals surface area contributed by atoms with Crippen molar-refractivity contribution in [3.05, 3.63) is 260 Å². The van der Waals surface area contributed by atoms with Crippen LogP contribution < -0.4 is 15.6 Å². The smallest absolute Gasteiger partial charge is 0.155 e. The van der Waals surface area contributed by atoms with Gasteiger partial charge in [-0.25, -0.2) is 0 Å². The van der Waals surface area contributed by atoms with E-state index in [9.17, 15) is 0 Å². The van der Waals surface area contributed by atoms with Crippen molar-refractivity contribution in [2.45, 2.75) is 24.8 Å². The Morgan fingerprint density at radius 3 is 1.66 bits per heavy atom. The van der Waals surface area contributed by atoms with Crippen LogP contribution in [0.5, 0.6) is 0 Å². The minimum Gasteiger partial charge on any atom is -0.310 e. The van der Waals surface area contributed by atoms with Crippen LogP contribution in [0.4, 0.5) is 0 Å². The molecule has 0 amide bonds. The van der Waals surface area contributed by atoms with Gasteiger partial charge in [-0.3, -0.25) is 0 Å². The molecule has 12 aromatic rings. The first-order valence-corrected chi connectivity index (χ1v) is 26.8. The number of hydrogen-bond acceptors (Lipinski definition) is 0. The third kappa shape index (κ3) is 6.13. The fourth-order valence-corrected chi connectivity index (χ4v) is 17.8. The summed E-state index contributed by atoms with van der Waals surface area (Å²) in [5, 5.41) is 11.9. The Labute approximate surface area is 408 Å². The molecule has 332 valence electrons. The molecule has 2 aliphatic carbocycles. The molecule has 4 heteroatoms. The van der Waals surface area contributed by atoms with Crippen LogP contribution in [-0.2, 0) is 0 Å². The van der Waals surface area contributed by atoms with Gasteiger partial charge in [-0.1, -0.05) is 188 Å². The van der Waals surface area contributed by atoms with Crippen molar-refractivity contribution in [3.63, 3.8) is 0 Å².